The van der Waals surface area contributed by atoms with Gasteiger partial charge in [-0.3, -0.25) is 4.57 Å². The minimum absolute atomic E-state index is 0.668. The molecule has 0 unspecified atom stereocenters. The average molecular weight is 669 g/mol. The first-order valence-electron chi connectivity index (χ1n) is 17.2. The van der Waals surface area contributed by atoms with Gasteiger partial charge >= 0.3 is 0 Å². The molecule has 0 atom stereocenters. The van der Waals surface area contributed by atoms with E-state index in [0.29, 0.717) is 5.95 Å². The molecule has 0 saturated carbocycles. The number of aromatic nitrogens is 4. The number of rotatable bonds is 4. The van der Waals surface area contributed by atoms with Crippen molar-refractivity contribution < 1.29 is 0 Å². The molecule has 4 heterocycles. The third-order valence-corrected chi connectivity index (χ3v) is 11.3. The fraction of sp³-hybridized carbons (Fsp3) is 0. The van der Waals surface area contributed by atoms with Crippen molar-refractivity contribution >= 4 is 75.9 Å². The number of nitrogens with zero attached hydrogens (tertiary/aromatic N) is 4. The summed E-state index contributed by atoms with van der Waals surface area (Å²) < 4.78 is 5.93. The van der Waals surface area contributed by atoms with Gasteiger partial charge < -0.3 is 4.57 Å². The topological polar surface area (TPSA) is 35.6 Å². The molecular weight excluding hydrogens is 641 g/mol. The van der Waals surface area contributed by atoms with Crippen molar-refractivity contribution in [3.63, 3.8) is 0 Å². The van der Waals surface area contributed by atoms with Crippen LogP contribution < -0.4 is 0 Å². The third kappa shape index (κ3) is 4.25. The van der Waals surface area contributed by atoms with E-state index >= 15 is 0 Å². The summed E-state index contributed by atoms with van der Waals surface area (Å²) in [6, 6.07) is 60.5. The third-order valence-electron chi connectivity index (χ3n) is 10.1. The largest absolute Gasteiger partial charge is 0.308 e. The van der Waals surface area contributed by atoms with Crippen molar-refractivity contribution in [1.82, 2.24) is 19.1 Å². The van der Waals surface area contributed by atoms with Gasteiger partial charge in [-0.15, -0.1) is 11.3 Å². The van der Waals surface area contributed by atoms with Gasteiger partial charge in [0.2, 0.25) is 5.95 Å². The molecule has 51 heavy (non-hydrogen) atoms. The van der Waals surface area contributed by atoms with Crippen LogP contribution in [0.25, 0.3) is 97.9 Å². The number of hydrogen-bond acceptors (Lipinski definition) is 3. The van der Waals surface area contributed by atoms with E-state index in [4.69, 9.17) is 9.97 Å². The zero-order valence-electron chi connectivity index (χ0n) is 27.4. The standard InChI is InChI=1S/C46H28N4S/c1-3-14-30(15-4-1)43-36-25-23-29-13-7-8-18-33(29)44(36)48-46(47-43)50-38-21-11-9-19-34(38)37-27-31(24-26-40(37)50)42-28-41-45(51-42)35-20-10-12-22-39(35)49(41)32-16-5-2-6-17-32/h1-28H. The van der Waals surface area contributed by atoms with Crippen LogP contribution in [0.2, 0.25) is 0 Å². The van der Waals surface area contributed by atoms with Gasteiger partial charge in [-0.1, -0.05) is 121 Å². The summed E-state index contributed by atoms with van der Waals surface area (Å²) in [5.74, 6) is 0.668. The molecule has 0 fully saturated rings. The Hall–Kier alpha value is -6.56. The molecule has 11 aromatic rings. The van der Waals surface area contributed by atoms with Gasteiger partial charge in [-0.2, -0.15) is 0 Å². The SMILES string of the molecule is c1ccc(-c2nc(-n3c4ccccc4c4cc(-c5cc6c(s5)c5ccccc5n6-c5ccccc5)ccc43)nc3c2ccc2ccccc23)cc1. The maximum atomic E-state index is 5.35. The summed E-state index contributed by atoms with van der Waals surface area (Å²) in [5, 5.41) is 6.97. The first kappa shape index (κ1) is 28.3. The van der Waals surface area contributed by atoms with Crippen molar-refractivity contribution in [2.24, 2.45) is 0 Å². The average Bonchev–Trinajstić information content (AvgIpc) is 3.87. The second kappa shape index (κ2) is 11.0. The summed E-state index contributed by atoms with van der Waals surface area (Å²) in [6.07, 6.45) is 0. The molecule has 0 N–H and O–H groups in total. The zero-order valence-corrected chi connectivity index (χ0v) is 28.2. The first-order chi connectivity index (χ1) is 25.3. The van der Waals surface area contributed by atoms with E-state index in [1.807, 2.05) is 17.4 Å². The van der Waals surface area contributed by atoms with Crippen molar-refractivity contribution in [3.8, 4) is 33.3 Å². The van der Waals surface area contributed by atoms with Gasteiger partial charge in [0.05, 0.1) is 38.0 Å². The Morgan fingerprint density at radius 3 is 1.90 bits per heavy atom. The molecule has 0 bridgehead atoms. The Balaban J connectivity index is 1.15. The molecule has 0 aliphatic rings. The fourth-order valence-corrected chi connectivity index (χ4v) is 9.01. The molecule has 238 valence electrons. The molecular formula is C46H28N4S. The number of thiophene rings is 1. The minimum atomic E-state index is 0.668. The van der Waals surface area contributed by atoms with Crippen LogP contribution in [-0.2, 0) is 0 Å². The number of hydrogen-bond donors (Lipinski definition) is 0. The lowest BCUT2D eigenvalue weighted by atomic mass is 10.0. The summed E-state index contributed by atoms with van der Waals surface area (Å²) >= 11 is 1.86. The second-order valence-corrected chi connectivity index (χ2v) is 14.1. The predicted octanol–water partition coefficient (Wildman–Crippen LogP) is 12.4. The minimum Gasteiger partial charge on any atom is -0.308 e. The summed E-state index contributed by atoms with van der Waals surface area (Å²) in [6.45, 7) is 0. The van der Waals surface area contributed by atoms with E-state index in [1.165, 1.54) is 48.0 Å². The van der Waals surface area contributed by atoms with Gasteiger partial charge in [0.15, 0.2) is 0 Å². The molecule has 0 saturated heterocycles. The Labute approximate surface area is 297 Å². The molecule has 0 spiro atoms. The molecule has 7 aromatic carbocycles. The Morgan fingerprint density at radius 2 is 1.08 bits per heavy atom. The van der Waals surface area contributed by atoms with E-state index in [9.17, 15) is 0 Å². The summed E-state index contributed by atoms with van der Waals surface area (Å²) in [4.78, 5) is 11.9. The highest BCUT2D eigenvalue weighted by Gasteiger charge is 2.20. The van der Waals surface area contributed by atoms with Gasteiger partial charge in [0.1, 0.15) is 0 Å². The molecule has 4 nitrogen and oxygen atoms in total. The highest BCUT2D eigenvalue weighted by molar-refractivity contribution is 7.23. The first-order valence-corrected chi connectivity index (χ1v) is 18.0. The molecule has 0 radical (unpaired) electrons. The van der Waals surface area contributed by atoms with Crippen LogP contribution in [0.3, 0.4) is 0 Å². The number of benzene rings is 7. The van der Waals surface area contributed by atoms with E-state index in [1.54, 1.807) is 0 Å². The smallest absolute Gasteiger partial charge is 0.235 e. The fourth-order valence-electron chi connectivity index (χ4n) is 7.84. The van der Waals surface area contributed by atoms with Gasteiger partial charge in [-0.05, 0) is 59.5 Å². The van der Waals surface area contributed by atoms with Crippen LogP contribution in [0, 0.1) is 0 Å². The number of para-hydroxylation sites is 3. The lowest BCUT2D eigenvalue weighted by Crippen LogP contribution is -2.03. The molecule has 4 aromatic heterocycles. The van der Waals surface area contributed by atoms with Crippen molar-refractivity contribution in [1.29, 1.82) is 0 Å². The van der Waals surface area contributed by atoms with E-state index in [0.717, 1.165) is 44.0 Å². The molecule has 11 rings (SSSR count). The molecule has 0 amide bonds. The van der Waals surface area contributed by atoms with E-state index < -0.39 is 0 Å². The van der Waals surface area contributed by atoms with Crippen LogP contribution in [0.15, 0.2) is 170 Å². The highest BCUT2D eigenvalue weighted by Crippen LogP contribution is 2.43. The lowest BCUT2D eigenvalue weighted by molar-refractivity contribution is 1.02. The van der Waals surface area contributed by atoms with E-state index in [2.05, 4.69) is 173 Å². The maximum Gasteiger partial charge on any atom is 0.235 e. The zero-order chi connectivity index (χ0) is 33.5. The second-order valence-electron chi connectivity index (χ2n) is 13.0. The van der Waals surface area contributed by atoms with Crippen LogP contribution >= 0.6 is 11.3 Å². The Bertz CT molecular complexity index is 3130. The molecule has 5 heteroatoms. The number of fused-ring (bicyclic) bond motifs is 9. The van der Waals surface area contributed by atoms with Gasteiger partial charge in [0.25, 0.3) is 0 Å². The van der Waals surface area contributed by atoms with Crippen molar-refractivity contribution in [2.75, 3.05) is 0 Å². The van der Waals surface area contributed by atoms with E-state index in [-0.39, 0.29) is 0 Å². The van der Waals surface area contributed by atoms with Gasteiger partial charge in [-0.25, -0.2) is 9.97 Å². The van der Waals surface area contributed by atoms with Crippen LogP contribution in [0.4, 0.5) is 0 Å². The van der Waals surface area contributed by atoms with Crippen LogP contribution in [-0.4, -0.2) is 19.1 Å². The summed E-state index contributed by atoms with van der Waals surface area (Å²) in [7, 11) is 0. The normalized spacial score (nSPS) is 11.9. The maximum absolute atomic E-state index is 5.35. The van der Waals surface area contributed by atoms with Crippen LogP contribution in [0.5, 0.6) is 0 Å². The highest BCUT2D eigenvalue weighted by atomic mass is 32.1. The van der Waals surface area contributed by atoms with Crippen molar-refractivity contribution in [3.05, 3.63) is 170 Å². The lowest BCUT2D eigenvalue weighted by Gasteiger charge is -2.13. The van der Waals surface area contributed by atoms with Gasteiger partial charge in [0, 0.05) is 43.1 Å². The molecule has 0 aliphatic carbocycles. The molecule has 0 aliphatic heterocycles. The Kier molecular flexibility index (Phi) is 6.09. The van der Waals surface area contributed by atoms with Crippen molar-refractivity contribution in [2.45, 2.75) is 0 Å². The Morgan fingerprint density at radius 1 is 0.412 bits per heavy atom. The predicted molar refractivity (Wildman–Crippen MR) is 214 cm³/mol. The quantitative estimate of drug-likeness (QED) is 0.175. The monoisotopic (exact) mass is 668 g/mol. The summed E-state index contributed by atoms with van der Waals surface area (Å²) in [5.41, 5.74) is 9.95. The van der Waals surface area contributed by atoms with Crippen LogP contribution in [0.1, 0.15) is 0 Å².